The predicted molar refractivity (Wildman–Crippen MR) is 85.1 cm³/mol. The maximum Gasteiger partial charge on any atom is 0.223 e. The molecule has 6 heteroatoms. The Hall–Kier alpha value is -2.34. The minimum Gasteiger partial charge on any atom is -0.503 e. The third-order valence-corrected chi connectivity index (χ3v) is 4.05. The quantitative estimate of drug-likeness (QED) is 0.909. The van der Waals surface area contributed by atoms with Crippen LogP contribution in [-0.2, 0) is 13.6 Å². The van der Waals surface area contributed by atoms with Gasteiger partial charge in [0.05, 0.1) is 0 Å². The molecule has 116 valence electrons. The monoisotopic (exact) mass is 300 g/mol. The highest BCUT2D eigenvalue weighted by molar-refractivity contribution is 5.38. The lowest BCUT2D eigenvalue weighted by atomic mass is 10.2. The first-order chi connectivity index (χ1) is 10.6. The number of pyridine rings is 2. The highest BCUT2D eigenvalue weighted by Crippen LogP contribution is 2.14. The van der Waals surface area contributed by atoms with Crippen molar-refractivity contribution >= 4 is 5.82 Å². The molecule has 0 aliphatic carbocycles. The second kappa shape index (κ2) is 6.19. The molecule has 1 aliphatic heterocycles. The Labute approximate surface area is 129 Å². The number of piperazine rings is 1. The van der Waals surface area contributed by atoms with Crippen molar-refractivity contribution in [3.05, 3.63) is 52.6 Å². The van der Waals surface area contributed by atoms with Gasteiger partial charge in [-0.2, -0.15) is 0 Å². The van der Waals surface area contributed by atoms with Crippen LogP contribution >= 0.6 is 0 Å². The summed E-state index contributed by atoms with van der Waals surface area (Å²) in [4.78, 5) is 20.5. The zero-order chi connectivity index (χ0) is 15.5. The van der Waals surface area contributed by atoms with Gasteiger partial charge in [0.2, 0.25) is 5.43 Å². The number of aryl methyl sites for hydroxylation is 1. The molecular formula is C16H20N4O2. The lowest BCUT2D eigenvalue weighted by Crippen LogP contribution is -2.46. The fourth-order valence-corrected chi connectivity index (χ4v) is 2.72. The zero-order valence-electron chi connectivity index (χ0n) is 12.6. The number of nitrogens with zero attached hydrogens (tertiary/aromatic N) is 4. The molecule has 3 heterocycles. The summed E-state index contributed by atoms with van der Waals surface area (Å²) in [5.74, 6) is 0.811. The molecule has 1 N–H and O–H groups in total. The van der Waals surface area contributed by atoms with Crippen molar-refractivity contribution in [2.45, 2.75) is 6.54 Å². The first-order valence-electron chi connectivity index (χ1n) is 7.40. The molecule has 2 aromatic rings. The van der Waals surface area contributed by atoms with Crippen LogP contribution < -0.4 is 10.3 Å². The summed E-state index contributed by atoms with van der Waals surface area (Å²) in [5, 5.41) is 9.43. The molecule has 0 aromatic carbocycles. The van der Waals surface area contributed by atoms with Crippen LogP contribution in [0.1, 0.15) is 5.69 Å². The molecule has 2 aromatic heterocycles. The number of rotatable bonds is 3. The van der Waals surface area contributed by atoms with E-state index in [9.17, 15) is 9.90 Å². The van der Waals surface area contributed by atoms with Gasteiger partial charge in [-0.3, -0.25) is 9.69 Å². The molecule has 0 atom stereocenters. The van der Waals surface area contributed by atoms with Crippen molar-refractivity contribution in [3.63, 3.8) is 0 Å². The summed E-state index contributed by atoms with van der Waals surface area (Å²) in [7, 11) is 1.85. The molecule has 22 heavy (non-hydrogen) atoms. The third kappa shape index (κ3) is 3.12. The SMILES string of the molecule is Cn1cc(O)c(=O)cc1CN1CCN(c2ccccn2)CC1. The lowest BCUT2D eigenvalue weighted by molar-refractivity contribution is 0.243. The van der Waals surface area contributed by atoms with E-state index in [1.165, 1.54) is 12.3 Å². The number of hydrogen-bond acceptors (Lipinski definition) is 5. The van der Waals surface area contributed by atoms with Gasteiger partial charge in [0.1, 0.15) is 5.82 Å². The first-order valence-corrected chi connectivity index (χ1v) is 7.40. The maximum atomic E-state index is 11.6. The van der Waals surface area contributed by atoms with Gasteiger partial charge in [0.25, 0.3) is 0 Å². The van der Waals surface area contributed by atoms with Crippen LogP contribution in [0.4, 0.5) is 5.82 Å². The molecule has 0 unspecified atom stereocenters. The van der Waals surface area contributed by atoms with Gasteiger partial charge in [-0.05, 0) is 12.1 Å². The normalized spacial score (nSPS) is 16.0. The van der Waals surface area contributed by atoms with Crippen LogP contribution in [0.5, 0.6) is 5.75 Å². The van der Waals surface area contributed by atoms with Crippen LogP contribution in [0.15, 0.2) is 41.5 Å². The average molecular weight is 300 g/mol. The van der Waals surface area contributed by atoms with E-state index in [1.54, 1.807) is 0 Å². The van der Waals surface area contributed by atoms with E-state index in [0.29, 0.717) is 6.54 Å². The lowest BCUT2D eigenvalue weighted by Gasteiger charge is -2.35. The number of hydrogen-bond donors (Lipinski definition) is 1. The van der Waals surface area contributed by atoms with E-state index in [4.69, 9.17) is 0 Å². The van der Waals surface area contributed by atoms with Gasteiger partial charge in [0.15, 0.2) is 5.75 Å². The van der Waals surface area contributed by atoms with Crippen LogP contribution in [0.2, 0.25) is 0 Å². The van der Waals surface area contributed by atoms with Gasteiger partial charge in [0, 0.05) is 63.9 Å². The smallest absolute Gasteiger partial charge is 0.223 e. The Morgan fingerprint density at radius 2 is 2.00 bits per heavy atom. The largest absolute Gasteiger partial charge is 0.503 e. The summed E-state index contributed by atoms with van der Waals surface area (Å²) in [6.45, 7) is 4.39. The van der Waals surface area contributed by atoms with Crippen LogP contribution in [0, 0.1) is 0 Å². The van der Waals surface area contributed by atoms with E-state index >= 15 is 0 Å². The molecule has 0 saturated carbocycles. The fraction of sp³-hybridized carbons (Fsp3) is 0.375. The summed E-state index contributed by atoms with van der Waals surface area (Å²) < 4.78 is 1.81. The Kier molecular flexibility index (Phi) is 4.11. The standard InChI is InChI=1S/C16H20N4O2/c1-18-12-15(22)14(21)10-13(18)11-19-6-8-20(9-7-19)16-4-2-3-5-17-16/h2-5,10,12,22H,6-9,11H2,1H3. The molecule has 0 radical (unpaired) electrons. The van der Waals surface area contributed by atoms with Crippen molar-refractivity contribution in [2.24, 2.45) is 7.05 Å². The second-order valence-electron chi connectivity index (χ2n) is 5.58. The van der Waals surface area contributed by atoms with Crippen LogP contribution in [-0.4, -0.2) is 45.7 Å². The molecule has 6 nitrogen and oxygen atoms in total. The van der Waals surface area contributed by atoms with Crippen molar-refractivity contribution in [2.75, 3.05) is 31.1 Å². The van der Waals surface area contributed by atoms with E-state index in [0.717, 1.165) is 37.7 Å². The summed E-state index contributed by atoms with van der Waals surface area (Å²) in [5.41, 5.74) is 0.592. The van der Waals surface area contributed by atoms with Crippen molar-refractivity contribution in [1.82, 2.24) is 14.5 Å². The third-order valence-electron chi connectivity index (χ3n) is 4.05. The summed E-state index contributed by atoms with van der Waals surface area (Å²) >= 11 is 0. The molecule has 1 fully saturated rings. The summed E-state index contributed by atoms with van der Waals surface area (Å²) in [6.07, 6.45) is 3.29. The fourth-order valence-electron chi connectivity index (χ4n) is 2.72. The second-order valence-corrected chi connectivity index (χ2v) is 5.58. The van der Waals surface area contributed by atoms with E-state index in [-0.39, 0.29) is 11.2 Å². The topological polar surface area (TPSA) is 61.6 Å². The van der Waals surface area contributed by atoms with Gasteiger partial charge in [-0.25, -0.2) is 4.98 Å². The van der Waals surface area contributed by atoms with E-state index in [2.05, 4.69) is 14.8 Å². The minimum atomic E-state index is -0.319. The Bertz CT molecular complexity index is 691. The zero-order valence-corrected chi connectivity index (χ0v) is 12.6. The van der Waals surface area contributed by atoms with Crippen molar-refractivity contribution < 1.29 is 5.11 Å². The Morgan fingerprint density at radius 3 is 2.68 bits per heavy atom. The molecular weight excluding hydrogens is 280 g/mol. The van der Waals surface area contributed by atoms with Crippen LogP contribution in [0.3, 0.4) is 0 Å². The molecule has 1 aliphatic rings. The molecule has 0 bridgehead atoms. The van der Waals surface area contributed by atoms with Gasteiger partial charge < -0.3 is 14.6 Å². The first kappa shape index (κ1) is 14.6. The van der Waals surface area contributed by atoms with Crippen molar-refractivity contribution in [3.8, 4) is 5.75 Å². The molecule has 3 rings (SSSR count). The van der Waals surface area contributed by atoms with Crippen LogP contribution in [0.25, 0.3) is 0 Å². The molecule has 0 amide bonds. The Balaban J connectivity index is 1.63. The highest BCUT2D eigenvalue weighted by Gasteiger charge is 2.18. The minimum absolute atomic E-state index is 0.203. The number of aromatic nitrogens is 2. The van der Waals surface area contributed by atoms with E-state index < -0.39 is 0 Å². The van der Waals surface area contributed by atoms with Gasteiger partial charge >= 0.3 is 0 Å². The molecule has 0 spiro atoms. The number of anilines is 1. The number of aromatic hydroxyl groups is 1. The highest BCUT2D eigenvalue weighted by atomic mass is 16.3. The average Bonchev–Trinajstić information content (AvgIpc) is 2.54. The van der Waals surface area contributed by atoms with E-state index in [1.807, 2.05) is 36.0 Å². The van der Waals surface area contributed by atoms with Crippen molar-refractivity contribution in [1.29, 1.82) is 0 Å². The summed E-state index contributed by atoms with van der Waals surface area (Å²) in [6, 6.07) is 7.46. The van der Waals surface area contributed by atoms with Gasteiger partial charge in [-0.15, -0.1) is 0 Å². The Morgan fingerprint density at radius 1 is 1.23 bits per heavy atom. The van der Waals surface area contributed by atoms with Gasteiger partial charge in [-0.1, -0.05) is 6.07 Å². The molecule has 1 saturated heterocycles. The predicted octanol–water partition coefficient (Wildman–Crippen LogP) is 0.808. The maximum absolute atomic E-state index is 11.6.